The highest BCUT2D eigenvalue weighted by atomic mass is 19.1. The fourth-order valence-electron chi connectivity index (χ4n) is 2.67. The molecule has 1 N–H and O–H groups in total. The minimum Gasteiger partial charge on any atom is -0.308 e. The van der Waals surface area contributed by atoms with Crippen molar-refractivity contribution >= 4 is 0 Å². The maximum Gasteiger partial charge on any atom is 0.126 e. The molecule has 0 unspecified atom stereocenters. The van der Waals surface area contributed by atoms with Gasteiger partial charge in [-0.2, -0.15) is 5.10 Å². The van der Waals surface area contributed by atoms with Crippen molar-refractivity contribution in [3.63, 3.8) is 0 Å². The van der Waals surface area contributed by atoms with Gasteiger partial charge in [0.05, 0.1) is 5.69 Å². The molecule has 1 aromatic carbocycles. The Morgan fingerprint density at radius 2 is 2.11 bits per heavy atom. The van der Waals surface area contributed by atoms with Crippen molar-refractivity contribution in [1.82, 2.24) is 15.1 Å². The molecule has 1 heterocycles. The topological polar surface area (TPSA) is 29.9 Å². The van der Waals surface area contributed by atoms with Gasteiger partial charge in [-0.05, 0) is 36.5 Å². The molecule has 1 saturated carbocycles. The molecule has 0 atom stereocenters. The number of hydrogen-bond donors (Lipinski definition) is 1. The molecule has 1 fully saturated rings. The van der Waals surface area contributed by atoms with E-state index < -0.39 is 0 Å². The van der Waals surface area contributed by atoms with Crippen LogP contribution in [0.25, 0.3) is 0 Å². The van der Waals surface area contributed by atoms with Crippen LogP contribution >= 0.6 is 0 Å². The molecule has 0 bridgehead atoms. The molecule has 0 aliphatic heterocycles. The van der Waals surface area contributed by atoms with E-state index in [-0.39, 0.29) is 5.82 Å². The van der Waals surface area contributed by atoms with E-state index >= 15 is 0 Å². The summed E-state index contributed by atoms with van der Waals surface area (Å²) in [6.45, 7) is 0.825. The van der Waals surface area contributed by atoms with E-state index in [9.17, 15) is 4.39 Å². The van der Waals surface area contributed by atoms with Crippen molar-refractivity contribution in [3.05, 3.63) is 53.6 Å². The standard InChI is InChI=1S/C15H18FN3/c1-19-13(6-7-18-19)10-17-12-8-11(9-12)14-4-2-3-5-15(14)16/h2-7,11-12,17H,8-10H2,1H3. The molecule has 3 nitrogen and oxygen atoms in total. The number of rotatable bonds is 4. The normalized spacial score (nSPS) is 22.2. The van der Waals surface area contributed by atoms with Crippen LogP contribution in [0.3, 0.4) is 0 Å². The molecule has 0 saturated heterocycles. The molecule has 0 amide bonds. The zero-order chi connectivity index (χ0) is 13.2. The van der Waals surface area contributed by atoms with Gasteiger partial charge in [0.2, 0.25) is 0 Å². The summed E-state index contributed by atoms with van der Waals surface area (Å²) in [5.41, 5.74) is 2.04. The van der Waals surface area contributed by atoms with Crippen LogP contribution in [-0.4, -0.2) is 15.8 Å². The fraction of sp³-hybridized carbons (Fsp3) is 0.400. The highest BCUT2D eigenvalue weighted by Gasteiger charge is 2.31. The molecule has 0 radical (unpaired) electrons. The van der Waals surface area contributed by atoms with Gasteiger partial charge in [0.25, 0.3) is 0 Å². The predicted molar refractivity (Wildman–Crippen MR) is 72.2 cm³/mol. The number of aromatic nitrogens is 2. The molecule has 3 rings (SSSR count). The Hall–Kier alpha value is -1.68. The SMILES string of the molecule is Cn1nccc1CNC1CC(c2ccccc2F)C1. The van der Waals surface area contributed by atoms with E-state index in [0.717, 1.165) is 24.9 Å². The largest absolute Gasteiger partial charge is 0.308 e. The number of halogens is 1. The lowest BCUT2D eigenvalue weighted by atomic mass is 9.75. The third kappa shape index (κ3) is 2.54. The highest BCUT2D eigenvalue weighted by Crippen LogP contribution is 2.37. The van der Waals surface area contributed by atoms with Gasteiger partial charge in [0.1, 0.15) is 5.82 Å². The van der Waals surface area contributed by atoms with Crippen molar-refractivity contribution in [1.29, 1.82) is 0 Å². The van der Waals surface area contributed by atoms with Gasteiger partial charge in [-0.1, -0.05) is 18.2 Å². The molecular weight excluding hydrogens is 241 g/mol. The van der Waals surface area contributed by atoms with Crippen molar-refractivity contribution in [2.24, 2.45) is 7.05 Å². The van der Waals surface area contributed by atoms with Crippen LogP contribution < -0.4 is 5.32 Å². The fourth-order valence-corrected chi connectivity index (χ4v) is 2.67. The molecule has 4 heteroatoms. The third-order valence-corrected chi connectivity index (χ3v) is 3.98. The molecule has 1 aliphatic carbocycles. The van der Waals surface area contributed by atoms with E-state index in [4.69, 9.17) is 0 Å². The molecule has 1 aromatic heterocycles. The maximum absolute atomic E-state index is 13.6. The summed E-state index contributed by atoms with van der Waals surface area (Å²) in [6, 6.07) is 9.60. The molecule has 0 spiro atoms. The van der Waals surface area contributed by atoms with Crippen LogP contribution in [-0.2, 0) is 13.6 Å². The van der Waals surface area contributed by atoms with Crippen LogP contribution in [0.5, 0.6) is 0 Å². The van der Waals surface area contributed by atoms with Gasteiger partial charge in [-0.3, -0.25) is 4.68 Å². The first-order chi connectivity index (χ1) is 9.24. The van der Waals surface area contributed by atoms with Gasteiger partial charge in [0, 0.05) is 25.8 Å². The zero-order valence-electron chi connectivity index (χ0n) is 11.0. The lowest BCUT2D eigenvalue weighted by molar-refractivity contribution is 0.282. The first-order valence-electron chi connectivity index (χ1n) is 6.68. The Kier molecular flexibility index (Phi) is 3.34. The Morgan fingerprint density at radius 1 is 1.32 bits per heavy atom. The number of nitrogens with one attached hydrogen (secondary N) is 1. The molecule has 19 heavy (non-hydrogen) atoms. The Labute approximate surface area is 112 Å². The first kappa shape index (κ1) is 12.4. The summed E-state index contributed by atoms with van der Waals surface area (Å²) in [5.74, 6) is 0.294. The Bertz CT molecular complexity index is 558. The molecule has 100 valence electrons. The second kappa shape index (κ2) is 5.13. The summed E-state index contributed by atoms with van der Waals surface area (Å²) >= 11 is 0. The lowest BCUT2D eigenvalue weighted by Gasteiger charge is -2.36. The van der Waals surface area contributed by atoms with Crippen LogP contribution in [0.4, 0.5) is 4.39 Å². The van der Waals surface area contributed by atoms with E-state index in [1.165, 1.54) is 5.69 Å². The number of aryl methyl sites for hydroxylation is 1. The van der Waals surface area contributed by atoms with Crippen molar-refractivity contribution in [2.75, 3.05) is 0 Å². The first-order valence-corrected chi connectivity index (χ1v) is 6.68. The van der Waals surface area contributed by atoms with Crippen LogP contribution in [0.1, 0.15) is 30.0 Å². The maximum atomic E-state index is 13.6. The van der Waals surface area contributed by atoms with Crippen LogP contribution in [0.15, 0.2) is 36.5 Å². The number of hydrogen-bond acceptors (Lipinski definition) is 2. The van der Waals surface area contributed by atoms with Crippen molar-refractivity contribution < 1.29 is 4.39 Å². The monoisotopic (exact) mass is 259 g/mol. The summed E-state index contributed by atoms with van der Waals surface area (Å²) in [7, 11) is 1.94. The smallest absolute Gasteiger partial charge is 0.126 e. The predicted octanol–water partition coefficient (Wildman–Crippen LogP) is 2.60. The third-order valence-electron chi connectivity index (χ3n) is 3.98. The second-order valence-corrected chi connectivity index (χ2v) is 5.21. The minimum absolute atomic E-state index is 0.0717. The summed E-state index contributed by atoms with van der Waals surface area (Å²) in [4.78, 5) is 0. The molecule has 1 aliphatic rings. The van der Waals surface area contributed by atoms with Gasteiger partial charge in [-0.25, -0.2) is 4.39 Å². The van der Waals surface area contributed by atoms with Gasteiger partial charge in [-0.15, -0.1) is 0 Å². The second-order valence-electron chi connectivity index (χ2n) is 5.21. The van der Waals surface area contributed by atoms with Crippen LogP contribution in [0.2, 0.25) is 0 Å². The van der Waals surface area contributed by atoms with Crippen LogP contribution in [0, 0.1) is 5.82 Å². The highest BCUT2D eigenvalue weighted by molar-refractivity contribution is 5.24. The number of benzene rings is 1. The van der Waals surface area contributed by atoms with E-state index in [0.29, 0.717) is 12.0 Å². The van der Waals surface area contributed by atoms with Gasteiger partial charge < -0.3 is 5.32 Å². The summed E-state index contributed by atoms with van der Waals surface area (Å²) in [6.07, 6.45) is 3.83. The Morgan fingerprint density at radius 3 is 2.79 bits per heavy atom. The van der Waals surface area contributed by atoms with E-state index in [2.05, 4.69) is 10.4 Å². The number of nitrogens with zero attached hydrogens (tertiary/aromatic N) is 2. The average molecular weight is 259 g/mol. The Balaban J connectivity index is 1.51. The molecular formula is C15H18FN3. The zero-order valence-corrected chi connectivity index (χ0v) is 11.0. The van der Waals surface area contributed by atoms with E-state index in [1.807, 2.05) is 29.9 Å². The van der Waals surface area contributed by atoms with Gasteiger partial charge in [0.15, 0.2) is 0 Å². The lowest BCUT2D eigenvalue weighted by Crippen LogP contribution is -2.40. The summed E-state index contributed by atoms with van der Waals surface area (Å²) < 4.78 is 15.5. The van der Waals surface area contributed by atoms with Crippen molar-refractivity contribution in [3.8, 4) is 0 Å². The van der Waals surface area contributed by atoms with E-state index in [1.54, 1.807) is 18.3 Å². The summed E-state index contributed by atoms with van der Waals surface area (Å²) in [5, 5.41) is 7.64. The average Bonchev–Trinajstić information content (AvgIpc) is 2.75. The quantitative estimate of drug-likeness (QED) is 0.914. The minimum atomic E-state index is -0.0717. The molecule has 2 aromatic rings. The van der Waals surface area contributed by atoms with Gasteiger partial charge >= 0.3 is 0 Å². The van der Waals surface area contributed by atoms with Crippen molar-refractivity contribution in [2.45, 2.75) is 31.3 Å².